The van der Waals surface area contributed by atoms with Crippen LogP contribution in [0.2, 0.25) is 0 Å². The van der Waals surface area contributed by atoms with Crippen LogP contribution in [0.5, 0.6) is 0 Å². The Bertz CT molecular complexity index is 797. The van der Waals surface area contributed by atoms with E-state index in [9.17, 15) is 0 Å². The number of hydrogen-bond acceptors (Lipinski definition) is 3. The Morgan fingerprint density at radius 3 is 2.80 bits per heavy atom. The fourth-order valence-corrected chi connectivity index (χ4v) is 2.56. The van der Waals surface area contributed by atoms with E-state index in [0.717, 1.165) is 42.3 Å². The Labute approximate surface area is 165 Å². The Hall–Kier alpha value is -2.09. The third-order valence-corrected chi connectivity index (χ3v) is 3.73. The van der Waals surface area contributed by atoms with E-state index in [4.69, 9.17) is 4.42 Å². The Balaban J connectivity index is 0.00000225. The van der Waals surface area contributed by atoms with Crippen LogP contribution in [0.4, 0.5) is 0 Å². The second-order valence-electron chi connectivity index (χ2n) is 5.43. The van der Waals surface area contributed by atoms with Crippen molar-refractivity contribution in [1.29, 1.82) is 0 Å². The quantitative estimate of drug-likeness (QED) is 0.341. The van der Waals surface area contributed by atoms with Gasteiger partial charge in [0.25, 0.3) is 0 Å². The largest absolute Gasteiger partial charge is 0.469 e. The van der Waals surface area contributed by atoms with Crippen molar-refractivity contribution in [3.63, 3.8) is 0 Å². The molecular weight excluding hydrogens is 427 g/mol. The zero-order chi connectivity index (χ0) is 16.6. The molecule has 0 unspecified atom stereocenters. The van der Waals surface area contributed by atoms with Crippen LogP contribution < -0.4 is 10.6 Å². The fraction of sp³-hybridized carbons (Fsp3) is 0.263. The van der Waals surface area contributed by atoms with E-state index in [0.29, 0.717) is 6.54 Å². The number of aromatic nitrogens is 1. The molecule has 0 saturated carbocycles. The van der Waals surface area contributed by atoms with Crippen molar-refractivity contribution in [3.05, 3.63) is 66.4 Å². The van der Waals surface area contributed by atoms with Gasteiger partial charge in [-0.15, -0.1) is 24.0 Å². The van der Waals surface area contributed by atoms with Gasteiger partial charge in [-0.05, 0) is 30.5 Å². The summed E-state index contributed by atoms with van der Waals surface area (Å²) in [4.78, 5) is 9.14. The number of nitrogens with one attached hydrogen (secondary N) is 2. The average molecular weight is 450 g/mol. The molecule has 0 radical (unpaired) electrons. The summed E-state index contributed by atoms with van der Waals surface area (Å²) in [6, 6.07) is 14.2. The van der Waals surface area contributed by atoms with Crippen LogP contribution in [0.3, 0.4) is 0 Å². The third-order valence-electron chi connectivity index (χ3n) is 3.73. The zero-order valence-corrected chi connectivity index (χ0v) is 16.6. The topological polar surface area (TPSA) is 62.5 Å². The smallest absolute Gasteiger partial charge is 0.191 e. The zero-order valence-electron chi connectivity index (χ0n) is 14.2. The highest BCUT2D eigenvalue weighted by molar-refractivity contribution is 14.0. The standard InChI is InChI=1S/C19H22N4O.HI/c1-2-20-19(22-12-10-16-7-5-13-24-16)23-14-18-17-8-4-3-6-15(17)9-11-21-18;/h3-9,11,13H,2,10,12,14H2,1H3,(H2,20,22,23);1H. The number of halogens is 1. The van der Waals surface area contributed by atoms with E-state index in [1.165, 1.54) is 5.39 Å². The second kappa shape index (κ2) is 10.0. The second-order valence-corrected chi connectivity index (χ2v) is 5.43. The van der Waals surface area contributed by atoms with Crippen LogP contribution in [0.15, 0.2) is 64.3 Å². The first-order valence-corrected chi connectivity index (χ1v) is 8.24. The summed E-state index contributed by atoms with van der Waals surface area (Å²) in [6.45, 7) is 4.18. The van der Waals surface area contributed by atoms with Gasteiger partial charge in [-0.2, -0.15) is 0 Å². The van der Waals surface area contributed by atoms with Crippen LogP contribution in [-0.2, 0) is 13.0 Å². The predicted molar refractivity (Wildman–Crippen MR) is 112 cm³/mol. The molecule has 2 N–H and O–H groups in total. The van der Waals surface area contributed by atoms with E-state index in [2.05, 4.69) is 39.7 Å². The van der Waals surface area contributed by atoms with Crippen molar-refractivity contribution in [1.82, 2.24) is 15.6 Å². The maximum Gasteiger partial charge on any atom is 0.191 e. The predicted octanol–water partition coefficient (Wildman–Crippen LogP) is 3.74. The average Bonchev–Trinajstić information content (AvgIpc) is 3.13. The number of furan rings is 1. The van der Waals surface area contributed by atoms with Crippen LogP contribution in [-0.4, -0.2) is 24.0 Å². The van der Waals surface area contributed by atoms with Gasteiger partial charge in [-0.3, -0.25) is 4.98 Å². The molecule has 25 heavy (non-hydrogen) atoms. The summed E-state index contributed by atoms with van der Waals surface area (Å²) in [7, 11) is 0. The Morgan fingerprint density at radius 1 is 1.12 bits per heavy atom. The van der Waals surface area contributed by atoms with E-state index < -0.39 is 0 Å². The lowest BCUT2D eigenvalue weighted by Crippen LogP contribution is -2.38. The summed E-state index contributed by atoms with van der Waals surface area (Å²) in [6.07, 6.45) is 4.36. The molecule has 2 aromatic heterocycles. The van der Waals surface area contributed by atoms with E-state index in [1.807, 2.05) is 36.5 Å². The van der Waals surface area contributed by atoms with Crippen molar-refractivity contribution in [3.8, 4) is 0 Å². The summed E-state index contributed by atoms with van der Waals surface area (Å²) < 4.78 is 5.34. The monoisotopic (exact) mass is 450 g/mol. The van der Waals surface area contributed by atoms with Gasteiger partial charge in [0, 0.05) is 31.1 Å². The minimum absolute atomic E-state index is 0. The van der Waals surface area contributed by atoms with Gasteiger partial charge in [0.15, 0.2) is 5.96 Å². The molecule has 0 atom stereocenters. The lowest BCUT2D eigenvalue weighted by atomic mass is 10.1. The van der Waals surface area contributed by atoms with Crippen LogP contribution in [0.1, 0.15) is 18.4 Å². The number of benzene rings is 1. The molecule has 3 aromatic rings. The first-order valence-electron chi connectivity index (χ1n) is 8.24. The maximum atomic E-state index is 5.34. The molecule has 6 heteroatoms. The normalized spacial score (nSPS) is 11.2. The Morgan fingerprint density at radius 2 is 2.00 bits per heavy atom. The van der Waals surface area contributed by atoms with Crippen molar-refractivity contribution < 1.29 is 4.42 Å². The molecule has 2 heterocycles. The molecule has 1 aromatic carbocycles. The van der Waals surface area contributed by atoms with Crippen molar-refractivity contribution in [2.75, 3.05) is 13.1 Å². The highest BCUT2D eigenvalue weighted by atomic mass is 127. The maximum absolute atomic E-state index is 5.34. The van der Waals surface area contributed by atoms with Gasteiger partial charge in [-0.1, -0.05) is 24.3 Å². The van der Waals surface area contributed by atoms with Crippen molar-refractivity contribution in [2.24, 2.45) is 4.99 Å². The molecule has 3 rings (SSSR count). The molecule has 0 spiro atoms. The lowest BCUT2D eigenvalue weighted by Gasteiger charge is -2.11. The molecule has 0 saturated heterocycles. The van der Waals surface area contributed by atoms with Crippen LogP contribution in [0.25, 0.3) is 10.8 Å². The van der Waals surface area contributed by atoms with Gasteiger partial charge >= 0.3 is 0 Å². The Kier molecular flexibility index (Phi) is 7.72. The molecule has 5 nitrogen and oxygen atoms in total. The van der Waals surface area contributed by atoms with Crippen molar-refractivity contribution >= 4 is 40.7 Å². The SMILES string of the molecule is CCNC(=NCc1nccc2ccccc12)NCCc1ccco1.I. The lowest BCUT2D eigenvalue weighted by molar-refractivity contribution is 0.507. The number of rotatable bonds is 6. The number of pyridine rings is 1. The first kappa shape index (κ1) is 19.2. The van der Waals surface area contributed by atoms with Gasteiger partial charge in [-0.25, -0.2) is 4.99 Å². The van der Waals surface area contributed by atoms with Crippen LogP contribution in [0, 0.1) is 0 Å². The summed E-state index contributed by atoms with van der Waals surface area (Å²) in [5.74, 6) is 1.76. The minimum Gasteiger partial charge on any atom is -0.469 e. The fourth-order valence-electron chi connectivity index (χ4n) is 2.56. The molecule has 0 aliphatic heterocycles. The van der Waals surface area contributed by atoms with Crippen LogP contribution >= 0.6 is 24.0 Å². The summed E-state index contributed by atoms with van der Waals surface area (Å²) >= 11 is 0. The highest BCUT2D eigenvalue weighted by Gasteiger charge is 2.03. The van der Waals surface area contributed by atoms with Gasteiger partial charge in [0.05, 0.1) is 18.5 Å². The molecule has 132 valence electrons. The molecule has 0 bridgehead atoms. The number of hydrogen-bond donors (Lipinski definition) is 2. The number of fused-ring (bicyclic) bond motifs is 1. The van der Waals surface area contributed by atoms with E-state index in [1.54, 1.807) is 6.26 Å². The molecular formula is C19H23IN4O. The number of aliphatic imine (C=N–C) groups is 1. The molecule has 0 amide bonds. The highest BCUT2D eigenvalue weighted by Crippen LogP contribution is 2.16. The summed E-state index contributed by atoms with van der Waals surface area (Å²) in [5.41, 5.74) is 0.983. The number of guanidine groups is 1. The van der Waals surface area contributed by atoms with Crippen molar-refractivity contribution in [2.45, 2.75) is 19.9 Å². The van der Waals surface area contributed by atoms with Gasteiger partial charge in [0.1, 0.15) is 5.76 Å². The molecule has 0 aliphatic rings. The van der Waals surface area contributed by atoms with E-state index >= 15 is 0 Å². The minimum atomic E-state index is 0. The van der Waals surface area contributed by atoms with E-state index in [-0.39, 0.29) is 24.0 Å². The first-order chi connectivity index (χ1) is 11.9. The number of nitrogens with zero attached hydrogens (tertiary/aromatic N) is 2. The third kappa shape index (κ3) is 5.45. The van der Waals surface area contributed by atoms with Gasteiger partial charge in [0.2, 0.25) is 0 Å². The summed E-state index contributed by atoms with van der Waals surface area (Å²) in [5, 5.41) is 8.93. The molecule has 0 fully saturated rings. The molecule has 0 aliphatic carbocycles. The van der Waals surface area contributed by atoms with Gasteiger partial charge < -0.3 is 15.1 Å².